The van der Waals surface area contributed by atoms with Gasteiger partial charge in [-0.3, -0.25) is 14.4 Å². The first-order valence-electron chi connectivity index (χ1n) is 11.0. The number of benzene rings is 2. The van der Waals surface area contributed by atoms with Crippen LogP contribution in [0.4, 0.5) is 0 Å². The van der Waals surface area contributed by atoms with Crippen molar-refractivity contribution in [2.75, 3.05) is 26.9 Å². The smallest absolute Gasteiger partial charge is 0.270 e. The SMILES string of the molecule is COCCn1c(=O)c2c(n1Cc1ccccc1)CN(Cc1ccc3c(c1)CCO3)CC2. The summed E-state index contributed by atoms with van der Waals surface area (Å²) >= 11 is 0. The van der Waals surface area contributed by atoms with Crippen LogP contribution < -0.4 is 10.3 Å². The maximum absolute atomic E-state index is 13.2. The van der Waals surface area contributed by atoms with Crippen LogP contribution in [0.15, 0.2) is 53.3 Å². The van der Waals surface area contributed by atoms with E-state index in [-0.39, 0.29) is 5.56 Å². The topological polar surface area (TPSA) is 48.6 Å². The fraction of sp³-hybridized carbons (Fsp3) is 0.400. The van der Waals surface area contributed by atoms with E-state index in [4.69, 9.17) is 9.47 Å². The molecule has 0 spiro atoms. The Labute approximate surface area is 182 Å². The molecule has 0 saturated carbocycles. The number of methoxy groups -OCH3 is 1. The molecule has 0 unspecified atom stereocenters. The maximum atomic E-state index is 13.2. The van der Waals surface area contributed by atoms with E-state index in [2.05, 4.69) is 39.9 Å². The van der Waals surface area contributed by atoms with Gasteiger partial charge in [0.1, 0.15) is 5.75 Å². The zero-order valence-corrected chi connectivity index (χ0v) is 18.0. The molecule has 6 nitrogen and oxygen atoms in total. The Balaban J connectivity index is 1.43. The highest BCUT2D eigenvalue weighted by atomic mass is 16.5. The third kappa shape index (κ3) is 4.05. The summed E-state index contributed by atoms with van der Waals surface area (Å²) in [5.74, 6) is 1.02. The molecule has 6 heteroatoms. The van der Waals surface area contributed by atoms with Gasteiger partial charge in [0.05, 0.1) is 32.0 Å². The van der Waals surface area contributed by atoms with Crippen LogP contribution in [0.3, 0.4) is 0 Å². The van der Waals surface area contributed by atoms with E-state index < -0.39 is 0 Å². The van der Waals surface area contributed by atoms with Crippen molar-refractivity contribution in [3.8, 4) is 5.75 Å². The third-order valence-corrected chi connectivity index (χ3v) is 6.34. The highest BCUT2D eigenvalue weighted by molar-refractivity contribution is 5.40. The van der Waals surface area contributed by atoms with Crippen molar-refractivity contribution in [1.82, 2.24) is 14.3 Å². The molecule has 2 aromatic carbocycles. The van der Waals surface area contributed by atoms with E-state index in [9.17, 15) is 4.79 Å². The number of fused-ring (bicyclic) bond motifs is 2. The normalized spacial score (nSPS) is 15.5. The van der Waals surface area contributed by atoms with Crippen LogP contribution >= 0.6 is 0 Å². The quantitative estimate of drug-likeness (QED) is 0.591. The summed E-state index contributed by atoms with van der Waals surface area (Å²) in [5.41, 5.74) is 6.05. The van der Waals surface area contributed by atoms with Gasteiger partial charge in [-0.2, -0.15) is 0 Å². The highest BCUT2D eigenvalue weighted by Gasteiger charge is 2.26. The Kier molecular flexibility index (Phi) is 5.66. The van der Waals surface area contributed by atoms with Gasteiger partial charge in [0.25, 0.3) is 5.56 Å². The van der Waals surface area contributed by atoms with Crippen molar-refractivity contribution in [3.63, 3.8) is 0 Å². The summed E-state index contributed by atoms with van der Waals surface area (Å²) < 4.78 is 15.0. The van der Waals surface area contributed by atoms with Gasteiger partial charge in [0, 0.05) is 38.7 Å². The Hall–Kier alpha value is -2.83. The molecule has 5 rings (SSSR count). The zero-order chi connectivity index (χ0) is 21.2. The van der Waals surface area contributed by atoms with Crippen molar-refractivity contribution < 1.29 is 9.47 Å². The van der Waals surface area contributed by atoms with Gasteiger partial charge in [-0.15, -0.1) is 0 Å². The summed E-state index contributed by atoms with van der Waals surface area (Å²) in [6.07, 6.45) is 1.78. The minimum atomic E-state index is 0.136. The molecule has 0 aliphatic carbocycles. The van der Waals surface area contributed by atoms with Crippen LogP contribution in [-0.2, 0) is 43.8 Å². The third-order valence-electron chi connectivity index (χ3n) is 6.34. The second-order valence-electron chi connectivity index (χ2n) is 8.39. The maximum Gasteiger partial charge on any atom is 0.270 e. The number of aromatic nitrogens is 2. The minimum Gasteiger partial charge on any atom is -0.493 e. The number of hydrogen-bond donors (Lipinski definition) is 0. The zero-order valence-electron chi connectivity index (χ0n) is 18.0. The van der Waals surface area contributed by atoms with Crippen LogP contribution in [0.5, 0.6) is 5.75 Å². The molecular weight excluding hydrogens is 390 g/mol. The molecule has 0 amide bonds. The summed E-state index contributed by atoms with van der Waals surface area (Å²) in [7, 11) is 1.68. The lowest BCUT2D eigenvalue weighted by Crippen LogP contribution is -2.32. The molecule has 0 atom stereocenters. The molecule has 0 fully saturated rings. The van der Waals surface area contributed by atoms with E-state index in [1.165, 1.54) is 16.7 Å². The molecule has 3 heterocycles. The molecule has 0 saturated heterocycles. The molecule has 3 aromatic rings. The first kappa shape index (κ1) is 20.1. The highest BCUT2D eigenvalue weighted by Crippen LogP contribution is 2.27. The lowest BCUT2D eigenvalue weighted by atomic mass is 10.0. The molecular formula is C25H29N3O3. The average Bonchev–Trinajstić information content (AvgIpc) is 3.36. The average molecular weight is 420 g/mol. The van der Waals surface area contributed by atoms with Gasteiger partial charge in [-0.1, -0.05) is 42.5 Å². The van der Waals surface area contributed by atoms with Gasteiger partial charge >= 0.3 is 0 Å². The molecule has 0 radical (unpaired) electrons. The monoisotopic (exact) mass is 419 g/mol. The van der Waals surface area contributed by atoms with Gasteiger partial charge in [-0.25, -0.2) is 4.68 Å². The summed E-state index contributed by atoms with van der Waals surface area (Å²) in [6, 6.07) is 16.9. The van der Waals surface area contributed by atoms with Crippen LogP contribution in [0.1, 0.15) is 27.9 Å². The second kappa shape index (κ2) is 8.73. The largest absolute Gasteiger partial charge is 0.493 e. The lowest BCUT2D eigenvalue weighted by molar-refractivity contribution is 0.175. The Morgan fingerprint density at radius 3 is 2.71 bits per heavy atom. The molecule has 31 heavy (non-hydrogen) atoms. The van der Waals surface area contributed by atoms with Gasteiger partial charge < -0.3 is 9.47 Å². The standard InChI is InChI=1S/C25H29N3O3/c1-30-14-12-27-25(29)22-9-11-26(16-20-7-8-24-21(15-20)10-13-31-24)18-23(22)28(27)17-19-5-3-2-4-6-19/h2-8,15H,9-14,16-18H2,1H3. The Bertz CT molecular complexity index is 1120. The first-order valence-corrected chi connectivity index (χ1v) is 11.0. The summed E-state index contributed by atoms with van der Waals surface area (Å²) in [6.45, 7) is 5.14. The Morgan fingerprint density at radius 1 is 1.00 bits per heavy atom. The predicted molar refractivity (Wildman–Crippen MR) is 120 cm³/mol. The van der Waals surface area contributed by atoms with Crippen molar-refractivity contribution in [1.29, 1.82) is 0 Å². The van der Waals surface area contributed by atoms with Gasteiger partial charge in [-0.05, 0) is 29.2 Å². The second-order valence-corrected chi connectivity index (χ2v) is 8.39. The molecule has 0 bridgehead atoms. The summed E-state index contributed by atoms with van der Waals surface area (Å²) in [5, 5.41) is 0. The fourth-order valence-corrected chi connectivity index (χ4v) is 4.75. The van der Waals surface area contributed by atoms with Crippen molar-refractivity contribution >= 4 is 0 Å². The first-order chi connectivity index (χ1) is 15.2. The van der Waals surface area contributed by atoms with Gasteiger partial charge in [0.2, 0.25) is 0 Å². The van der Waals surface area contributed by atoms with E-state index in [1.54, 1.807) is 7.11 Å². The molecule has 1 aromatic heterocycles. The van der Waals surface area contributed by atoms with Gasteiger partial charge in [0.15, 0.2) is 0 Å². The minimum absolute atomic E-state index is 0.136. The predicted octanol–water partition coefficient (Wildman–Crippen LogP) is 2.84. The number of ether oxygens (including phenoxy) is 2. The van der Waals surface area contributed by atoms with Crippen LogP contribution in [-0.4, -0.2) is 41.1 Å². The molecule has 2 aliphatic rings. The van der Waals surface area contributed by atoms with E-state index in [1.807, 2.05) is 22.9 Å². The lowest BCUT2D eigenvalue weighted by Gasteiger charge is -2.28. The van der Waals surface area contributed by atoms with Crippen LogP contribution in [0.2, 0.25) is 0 Å². The van der Waals surface area contributed by atoms with Crippen molar-refractivity contribution in [2.45, 2.75) is 39.0 Å². The van der Waals surface area contributed by atoms with Crippen molar-refractivity contribution in [2.24, 2.45) is 0 Å². The van der Waals surface area contributed by atoms with E-state index >= 15 is 0 Å². The summed E-state index contributed by atoms with van der Waals surface area (Å²) in [4.78, 5) is 15.6. The molecule has 2 aliphatic heterocycles. The fourth-order valence-electron chi connectivity index (χ4n) is 4.75. The molecule has 162 valence electrons. The number of rotatable bonds is 7. The van der Waals surface area contributed by atoms with Crippen LogP contribution in [0, 0.1) is 0 Å². The van der Waals surface area contributed by atoms with E-state index in [0.29, 0.717) is 19.7 Å². The van der Waals surface area contributed by atoms with Crippen LogP contribution in [0.25, 0.3) is 0 Å². The number of nitrogens with zero attached hydrogens (tertiary/aromatic N) is 3. The number of hydrogen-bond acceptors (Lipinski definition) is 4. The van der Waals surface area contributed by atoms with E-state index in [0.717, 1.165) is 56.1 Å². The molecule has 0 N–H and O–H groups in total. The van der Waals surface area contributed by atoms with Crippen molar-refractivity contribution in [3.05, 3.63) is 86.8 Å². The Morgan fingerprint density at radius 2 is 1.87 bits per heavy atom.